The molecule has 0 unspecified atom stereocenters. The van der Waals surface area contributed by atoms with Gasteiger partial charge in [0.05, 0.1) is 0 Å². The van der Waals surface area contributed by atoms with E-state index in [0.29, 0.717) is 5.56 Å². The minimum atomic E-state index is -0.405. The minimum absolute atomic E-state index is 0.405. The van der Waals surface area contributed by atoms with E-state index >= 15 is 0 Å². The molecule has 0 aliphatic carbocycles. The molecule has 5 rings (SSSR count). The molecule has 0 bridgehead atoms. The number of amides is 1. The zero-order chi connectivity index (χ0) is 21.2. The van der Waals surface area contributed by atoms with Crippen LogP contribution < -0.4 is 10.6 Å². The fourth-order valence-electron chi connectivity index (χ4n) is 4.38. The molecule has 1 aliphatic rings. The average molecular weight is 411 g/mol. The van der Waals surface area contributed by atoms with Gasteiger partial charge < -0.3 is 15.6 Å². The van der Waals surface area contributed by atoms with Crippen LogP contribution in [0.1, 0.15) is 15.9 Å². The molecular formula is C26H26N4O. The van der Waals surface area contributed by atoms with Crippen molar-refractivity contribution >= 4 is 22.5 Å². The standard InChI is InChI=1S/C26H26N4O/c27-26(31)22-7-4-8-24-23(22)17-25(28-24)20-9-11-21(12-10-20)30-15-13-29(14-16-30)18-19-5-2-1-3-6-19/h1-12,17,28H,13-16,18H2,(H2,27,31). The van der Waals surface area contributed by atoms with Crippen molar-refractivity contribution in [3.05, 3.63) is 90.0 Å². The number of hydrogen-bond donors (Lipinski definition) is 2. The van der Waals surface area contributed by atoms with Crippen LogP contribution in [0.4, 0.5) is 5.69 Å². The van der Waals surface area contributed by atoms with Crippen LogP contribution in [0.5, 0.6) is 0 Å². The Kier molecular flexibility index (Phi) is 5.18. The van der Waals surface area contributed by atoms with Gasteiger partial charge in [-0.3, -0.25) is 9.69 Å². The van der Waals surface area contributed by atoms with E-state index in [1.54, 1.807) is 6.07 Å². The Morgan fingerprint density at radius 2 is 1.61 bits per heavy atom. The van der Waals surface area contributed by atoms with Crippen LogP contribution >= 0.6 is 0 Å². The summed E-state index contributed by atoms with van der Waals surface area (Å²) in [7, 11) is 0. The normalized spacial score (nSPS) is 14.8. The lowest BCUT2D eigenvalue weighted by molar-refractivity contribution is 0.100. The summed E-state index contributed by atoms with van der Waals surface area (Å²) in [5.41, 5.74) is 11.7. The zero-order valence-electron chi connectivity index (χ0n) is 17.4. The number of piperazine rings is 1. The lowest BCUT2D eigenvalue weighted by atomic mass is 10.1. The van der Waals surface area contributed by atoms with Gasteiger partial charge in [-0.05, 0) is 41.5 Å². The maximum Gasteiger partial charge on any atom is 0.249 e. The molecule has 1 aliphatic heterocycles. The summed E-state index contributed by atoms with van der Waals surface area (Å²) in [6.07, 6.45) is 0. The number of benzene rings is 3. The van der Waals surface area contributed by atoms with Crippen LogP contribution in [0, 0.1) is 0 Å². The van der Waals surface area contributed by atoms with E-state index in [9.17, 15) is 4.79 Å². The van der Waals surface area contributed by atoms with Crippen molar-refractivity contribution in [1.82, 2.24) is 9.88 Å². The van der Waals surface area contributed by atoms with Gasteiger partial charge in [-0.1, -0.05) is 48.5 Å². The molecule has 1 saturated heterocycles. The lowest BCUT2D eigenvalue weighted by Crippen LogP contribution is -2.45. The van der Waals surface area contributed by atoms with Gasteiger partial charge in [0.15, 0.2) is 0 Å². The van der Waals surface area contributed by atoms with Crippen molar-refractivity contribution in [2.24, 2.45) is 5.73 Å². The van der Waals surface area contributed by atoms with Crippen LogP contribution in [0.25, 0.3) is 22.2 Å². The third-order valence-electron chi connectivity index (χ3n) is 6.09. The Morgan fingerprint density at radius 1 is 0.871 bits per heavy atom. The molecule has 0 radical (unpaired) electrons. The predicted octanol–water partition coefficient (Wildman–Crippen LogP) is 4.26. The second-order valence-electron chi connectivity index (χ2n) is 8.11. The predicted molar refractivity (Wildman–Crippen MR) is 126 cm³/mol. The third kappa shape index (κ3) is 4.05. The van der Waals surface area contributed by atoms with Gasteiger partial charge in [-0.2, -0.15) is 0 Å². The van der Waals surface area contributed by atoms with Gasteiger partial charge in [0.2, 0.25) is 5.91 Å². The number of hydrogen-bond acceptors (Lipinski definition) is 3. The topological polar surface area (TPSA) is 65.4 Å². The van der Waals surface area contributed by atoms with Crippen LogP contribution in [0.15, 0.2) is 78.9 Å². The highest BCUT2D eigenvalue weighted by molar-refractivity contribution is 6.06. The lowest BCUT2D eigenvalue weighted by Gasteiger charge is -2.36. The average Bonchev–Trinajstić information content (AvgIpc) is 3.25. The SMILES string of the molecule is NC(=O)c1cccc2[nH]c(-c3ccc(N4CCN(Cc5ccccc5)CC4)cc3)cc12. The van der Waals surface area contributed by atoms with E-state index in [-0.39, 0.29) is 0 Å². The molecule has 156 valence electrons. The number of aromatic amines is 1. The maximum absolute atomic E-state index is 11.7. The fourth-order valence-corrected chi connectivity index (χ4v) is 4.38. The number of nitrogens with zero attached hydrogens (tertiary/aromatic N) is 2. The number of carbonyl (C=O) groups excluding carboxylic acids is 1. The number of anilines is 1. The first-order valence-electron chi connectivity index (χ1n) is 10.7. The molecule has 0 saturated carbocycles. The monoisotopic (exact) mass is 410 g/mol. The van der Waals surface area contributed by atoms with Crippen LogP contribution in [0.3, 0.4) is 0 Å². The number of fused-ring (bicyclic) bond motifs is 1. The highest BCUT2D eigenvalue weighted by Crippen LogP contribution is 2.28. The summed E-state index contributed by atoms with van der Waals surface area (Å²) in [5.74, 6) is -0.405. The minimum Gasteiger partial charge on any atom is -0.369 e. The Labute approximate surface area is 182 Å². The van der Waals surface area contributed by atoms with E-state index in [0.717, 1.165) is 54.9 Å². The molecule has 2 heterocycles. The first-order valence-corrected chi connectivity index (χ1v) is 10.7. The smallest absolute Gasteiger partial charge is 0.249 e. The molecule has 0 spiro atoms. The van der Waals surface area contributed by atoms with Crippen molar-refractivity contribution in [2.45, 2.75) is 6.54 Å². The summed E-state index contributed by atoms with van der Waals surface area (Å²) in [6, 6.07) is 26.9. The Morgan fingerprint density at radius 3 is 2.32 bits per heavy atom. The molecule has 4 aromatic rings. The van der Waals surface area contributed by atoms with E-state index in [4.69, 9.17) is 5.73 Å². The quantitative estimate of drug-likeness (QED) is 0.517. The second kappa shape index (κ2) is 8.28. The highest BCUT2D eigenvalue weighted by atomic mass is 16.1. The molecule has 31 heavy (non-hydrogen) atoms. The molecule has 1 amide bonds. The number of nitrogens with two attached hydrogens (primary N) is 1. The van der Waals surface area contributed by atoms with Gasteiger partial charge in [0.1, 0.15) is 0 Å². The van der Waals surface area contributed by atoms with Crippen molar-refractivity contribution in [3.8, 4) is 11.3 Å². The van der Waals surface area contributed by atoms with Gasteiger partial charge in [-0.25, -0.2) is 0 Å². The number of carbonyl (C=O) groups is 1. The first kappa shape index (κ1) is 19.4. The highest BCUT2D eigenvalue weighted by Gasteiger charge is 2.17. The van der Waals surface area contributed by atoms with Gasteiger partial charge in [0.25, 0.3) is 0 Å². The molecular weight excluding hydrogens is 384 g/mol. The number of rotatable bonds is 5. The zero-order valence-corrected chi connectivity index (χ0v) is 17.4. The van der Waals surface area contributed by atoms with Gasteiger partial charge in [-0.15, -0.1) is 0 Å². The van der Waals surface area contributed by atoms with Crippen molar-refractivity contribution in [3.63, 3.8) is 0 Å². The summed E-state index contributed by atoms with van der Waals surface area (Å²) in [5, 5.41) is 0.864. The van der Waals surface area contributed by atoms with E-state index in [1.165, 1.54) is 11.3 Å². The first-order chi connectivity index (χ1) is 15.2. The van der Waals surface area contributed by atoms with E-state index in [1.807, 2.05) is 18.2 Å². The van der Waals surface area contributed by atoms with E-state index in [2.05, 4.69) is 69.4 Å². The van der Waals surface area contributed by atoms with Gasteiger partial charge >= 0.3 is 0 Å². The Bertz CT molecular complexity index is 1190. The molecule has 3 aromatic carbocycles. The van der Waals surface area contributed by atoms with Crippen LogP contribution in [0.2, 0.25) is 0 Å². The molecule has 3 N–H and O–H groups in total. The largest absolute Gasteiger partial charge is 0.369 e. The summed E-state index contributed by atoms with van der Waals surface area (Å²) < 4.78 is 0. The molecule has 5 nitrogen and oxygen atoms in total. The molecule has 0 atom stereocenters. The van der Waals surface area contributed by atoms with Crippen LogP contribution in [-0.2, 0) is 6.54 Å². The Balaban J connectivity index is 1.27. The number of nitrogens with one attached hydrogen (secondary N) is 1. The fraction of sp³-hybridized carbons (Fsp3) is 0.192. The van der Waals surface area contributed by atoms with Crippen molar-refractivity contribution < 1.29 is 4.79 Å². The summed E-state index contributed by atoms with van der Waals surface area (Å²) >= 11 is 0. The van der Waals surface area contributed by atoms with Crippen LogP contribution in [-0.4, -0.2) is 42.0 Å². The molecule has 1 fully saturated rings. The number of aromatic nitrogens is 1. The second-order valence-corrected chi connectivity index (χ2v) is 8.11. The maximum atomic E-state index is 11.7. The number of H-pyrrole nitrogens is 1. The van der Waals surface area contributed by atoms with Gasteiger partial charge in [0, 0.05) is 60.6 Å². The summed E-state index contributed by atoms with van der Waals surface area (Å²) in [6.45, 7) is 5.20. The number of primary amides is 1. The third-order valence-corrected chi connectivity index (χ3v) is 6.09. The van der Waals surface area contributed by atoms with Crippen molar-refractivity contribution in [1.29, 1.82) is 0 Å². The molecule has 5 heteroatoms. The summed E-state index contributed by atoms with van der Waals surface area (Å²) in [4.78, 5) is 20.1. The molecule has 1 aromatic heterocycles. The Hall–Kier alpha value is -3.57. The van der Waals surface area contributed by atoms with E-state index < -0.39 is 5.91 Å². The van der Waals surface area contributed by atoms with Crippen molar-refractivity contribution in [2.75, 3.05) is 31.1 Å².